The maximum atomic E-state index is 5.89. The Morgan fingerprint density at radius 1 is 1.06 bits per heavy atom. The Kier molecular flexibility index (Phi) is 3.77. The molecule has 2 aromatic carbocycles. The molecule has 0 fully saturated rings. The van der Waals surface area contributed by atoms with Gasteiger partial charge in [-0.2, -0.15) is 0 Å². The van der Waals surface area contributed by atoms with Crippen molar-refractivity contribution in [2.45, 2.75) is 6.92 Å². The normalized spacial score (nSPS) is 10.2. The minimum atomic E-state index is 0.579. The molecule has 0 saturated carbocycles. The number of anilines is 1. The van der Waals surface area contributed by atoms with E-state index in [1.165, 1.54) is 0 Å². The number of nitrogen functional groups attached to an aromatic ring is 1. The van der Waals surface area contributed by atoms with E-state index in [9.17, 15) is 0 Å². The number of nitrogens with two attached hydrogens (primary N) is 1. The number of halogens is 1. The summed E-state index contributed by atoms with van der Waals surface area (Å²) in [5, 5.41) is 0. The minimum absolute atomic E-state index is 0.579. The minimum Gasteiger partial charge on any atom is -0.497 e. The predicted molar refractivity (Wildman–Crippen MR) is 76.4 cm³/mol. The van der Waals surface area contributed by atoms with Gasteiger partial charge >= 0.3 is 0 Å². The summed E-state index contributed by atoms with van der Waals surface area (Å²) in [6.07, 6.45) is 0. The molecular weight excluding hydrogens is 294 g/mol. The van der Waals surface area contributed by atoms with Gasteiger partial charge in [0, 0.05) is 10.5 Å². The Balaban J connectivity index is 2.36. The summed E-state index contributed by atoms with van der Waals surface area (Å²) < 4.78 is 11.9. The fourth-order valence-corrected chi connectivity index (χ4v) is 1.87. The smallest absolute Gasteiger partial charge is 0.154 e. The van der Waals surface area contributed by atoms with Gasteiger partial charge in [-0.05, 0) is 36.8 Å². The summed E-state index contributed by atoms with van der Waals surface area (Å²) in [6, 6.07) is 11.2. The quantitative estimate of drug-likeness (QED) is 0.867. The molecule has 0 bridgehead atoms. The van der Waals surface area contributed by atoms with E-state index in [1.807, 2.05) is 25.1 Å². The molecule has 2 rings (SSSR count). The molecule has 94 valence electrons. The van der Waals surface area contributed by atoms with Crippen LogP contribution in [-0.4, -0.2) is 7.11 Å². The molecule has 0 radical (unpaired) electrons. The van der Waals surface area contributed by atoms with E-state index in [4.69, 9.17) is 15.2 Å². The lowest BCUT2D eigenvalue weighted by Crippen LogP contribution is -1.94. The molecule has 3 nitrogen and oxygen atoms in total. The maximum absolute atomic E-state index is 5.89. The highest BCUT2D eigenvalue weighted by molar-refractivity contribution is 9.10. The molecule has 4 heteroatoms. The second kappa shape index (κ2) is 5.31. The number of benzene rings is 2. The van der Waals surface area contributed by atoms with Gasteiger partial charge in [-0.1, -0.05) is 22.0 Å². The highest BCUT2D eigenvalue weighted by Gasteiger charge is 2.07. The third-order valence-corrected chi connectivity index (χ3v) is 3.08. The SMILES string of the molecule is COc1ccc(N)c(Oc2cc(Br)ccc2C)c1. The molecule has 0 atom stereocenters. The van der Waals surface area contributed by atoms with Gasteiger partial charge in [-0.3, -0.25) is 0 Å². The molecule has 2 aromatic rings. The van der Waals surface area contributed by atoms with Crippen LogP contribution in [0.5, 0.6) is 17.2 Å². The van der Waals surface area contributed by atoms with Crippen molar-refractivity contribution in [1.29, 1.82) is 0 Å². The van der Waals surface area contributed by atoms with E-state index in [0.717, 1.165) is 15.8 Å². The number of hydrogen-bond donors (Lipinski definition) is 1. The van der Waals surface area contributed by atoms with Crippen molar-refractivity contribution in [3.8, 4) is 17.2 Å². The molecule has 0 aromatic heterocycles. The van der Waals surface area contributed by atoms with Crippen LogP contribution in [0.2, 0.25) is 0 Å². The molecule has 0 spiro atoms. The molecule has 0 heterocycles. The molecule has 0 aliphatic heterocycles. The van der Waals surface area contributed by atoms with Crippen LogP contribution in [0, 0.1) is 6.92 Å². The second-order valence-corrected chi connectivity index (χ2v) is 4.83. The lowest BCUT2D eigenvalue weighted by Gasteiger charge is -2.12. The average molecular weight is 308 g/mol. The van der Waals surface area contributed by atoms with Gasteiger partial charge in [0.2, 0.25) is 0 Å². The number of methoxy groups -OCH3 is 1. The van der Waals surface area contributed by atoms with Gasteiger partial charge in [0.25, 0.3) is 0 Å². The van der Waals surface area contributed by atoms with Crippen LogP contribution < -0.4 is 15.2 Å². The maximum Gasteiger partial charge on any atom is 0.154 e. The van der Waals surface area contributed by atoms with E-state index in [0.29, 0.717) is 17.2 Å². The summed E-state index contributed by atoms with van der Waals surface area (Å²) in [6.45, 7) is 1.98. The first-order valence-corrected chi connectivity index (χ1v) is 6.27. The highest BCUT2D eigenvalue weighted by atomic mass is 79.9. The molecule has 0 aliphatic rings. The number of aryl methyl sites for hydroxylation is 1. The van der Waals surface area contributed by atoms with Crippen LogP contribution in [0.25, 0.3) is 0 Å². The molecule has 18 heavy (non-hydrogen) atoms. The topological polar surface area (TPSA) is 44.5 Å². The van der Waals surface area contributed by atoms with E-state index in [1.54, 1.807) is 25.3 Å². The Morgan fingerprint density at radius 2 is 1.83 bits per heavy atom. The first-order valence-electron chi connectivity index (χ1n) is 5.47. The fraction of sp³-hybridized carbons (Fsp3) is 0.143. The fourth-order valence-electron chi connectivity index (χ4n) is 1.53. The zero-order valence-corrected chi connectivity index (χ0v) is 11.8. The lowest BCUT2D eigenvalue weighted by molar-refractivity contribution is 0.409. The van der Waals surface area contributed by atoms with Crippen molar-refractivity contribution in [2.75, 3.05) is 12.8 Å². The van der Waals surface area contributed by atoms with Crippen molar-refractivity contribution in [3.05, 3.63) is 46.4 Å². The second-order valence-electron chi connectivity index (χ2n) is 3.92. The molecule has 0 saturated heterocycles. The van der Waals surface area contributed by atoms with Crippen molar-refractivity contribution in [3.63, 3.8) is 0 Å². The molecule has 2 N–H and O–H groups in total. The Labute approximate surface area is 115 Å². The van der Waals surface area contributed by atoms with Crippen LogP contribution in [0.15, 0.2) is 40.9 Å². The number of hydrogen-bond acceptors (Lipinski definition) is 3. The Hall–Kier alpha value is -1.68. The van der Waals surface area contributed by atoms with Crippen molar-refractivity contribution in [1.82, 2.24) is 0 Å². The lowest BCUT2D eigenvalue weighted by atomic mass is 10.2. The summed E-state index contributed by atoms with van der Waals surface area (Å²) in [5.74, 6) is 2.08. The van der Waals surface area contributed by atoms with Crippen LogP contribution in [0.4, 0.5) is 5.69 Å². The molecule has 0 amide bonds. The standard InChI is InChI=1S/C14H14BrNO2/c1-9-3-4-10(15)7-13(9)18-14-8-11(17-2)5-6-12(14)16/h3-8H,16H2,1-2H3. The summed E-state index contributed by atoms with van der Waals surface area (Å²) in [4.78, 5) is 0. The first kappa shape index (κ1) is 12.8. The summed E-state index contributed by atoms with van der Waals surface area (Å²) in [7, 11) is 1.61. The van der Waals surface area contributed by atoms with E-state index >= 15 is 0 Å². The van der Waals surface area contributed by atoms with Gasteiger partial charge in [0.05, 0.1) is 12.8 Å². The van der Waals surface area contributed by atoms with Crippen molar-refractivity contribution < 1.29 is 9.47 Å². The van der Waals surface area contributed by atoms with Gasteiger partial charge in [0.15, 0.2) is 5.75 Å². The van der Waals surface area contributed by atoms with Crippen molar-refractivity contribution >= 4 is 21.6 Å². The van der Waals surface area contributed by atoms with Gasteiger partial charge in [0.1, 0.15) is 11.5 Å². The third-order valence-electron chi connectivity index (χ3n) is 2.59. The van der Waals surface area contributed by atoms with Crippen LogP contribution in [-0.2, 0) is 0 Å². The van der Waals surface area contributed by atoms with Crippen LogP contribution in [0.1, 0.15) is 5.56 Å². The number of rotatable bonds is 3. The Morgan fingerprint density at radius 3 is 2.56 bits per heavy atom. The first-order chi connectivity index (χ1) is 8.60. The average Bonchev–Trinajstić information content (AvgIpc) is 2.36. The third kappa shape index (κ3) is 2.76. The van der Waals surface area contributed by atoms with Crippen LogP contribution >= 0.6 is 15.9 Å². The molecular formula is C14H14BrNO2. The molecule has 0 aliphatic carbocycles. The van der Waals surface area contributed by atoms with Crippen LogP contribution in [0.3, 0.4) is 0 Å². The Bertz CT molecular complexity index is 570. The van der Waals surface area contributed by atoms with E-state index in [-0.39, 0.29) is 0 Å². The monoisotopic (exact) mass is 307 g/mol. The largest absolute Gasteiger partial charge is 0.497 e. The van der Waals surface area contributed by atoms with Crippen molar-refractivity contribution in [2.24, 2.45) is 0 Å². The van der Waals surface area contributed by atoms with Gasteiger partial charge < -0.3 is 15.2 Å². The van der Waals surface area contributed by atoms with E-state index < -0.39 is 0 Å². The summed E-state index contributed by atoms with van der Waals surface area (Å²) in [5.41, 5.74) is 7.51. The number of ether oxygens (including phenoxy) is 2. The van der Waals surface area contributed by atoms with Gasteiger partial charge in [-0.15, -0.1) is 0 Å². The van der Waals surface area contributed by atoms with Gasteiger partial charge in [-0.25, -0.2) is 0 Å². The molecule has 0 unspecified atom stereocenters. The highest BCUT2D eigenvalue weighted by Crippen LogP contribution is 2.33. The zero-order chi connectivity index (χ0) is 13.1. The summed E-state index contributed by atoms with van der Waals surface area (Å²) >= 11 is 3.42. The predicted octanol–water partition coefficient (Wildman–Crippen LogP) is 4.14. The zero-order valence-electron chi connectivity index (χ0n) is 10.2. The van der Waals surface area contributed by atoms with E-state index in [2.05, 4.69) is 15.9 Å².